The molecule has 1 unspecified atom stereocenters. The van der Waals surface area contributed by atoms with Crippen molar-refractivity contribution in [1.29, 1.82) is 0 Å². The fourth-order valence-electron chi connectivity index (χ4n) is 5.81. The molecule has 3 N–H and O–H groups in total. The van der Waals surface area contributed by atoms with Gasteiger partial charge in [-0.2, -0.15) is 18.2 Å². The van der Waals surface area contributed by atoms with Gasteiger partial charge in [0.15, 0.2) is 5.82 Å². The van der Waals surface area contributed by atoms with Crippen LogP contribution in [-0.4, -0.2) is 74.3 Å². The van der Waals surface area contributed by atoms with Crippen LogP contribution in [0.1, 0.15) is 51.1 Å². The number of pyridine rings is 1. The minimum atomic E-state index is -4.29. The highest BCUT2D eigenvalue weighted by molar-refractivity contribution is 5.89. The summed E-state index contributed by atoms with van der Waals surface area (Å²) in [5.74, 6) is -0.0481. The third-order valence-electron chi connectivity index (χ3n) is 7.85. The van der Waals surface area contributed by atoms with Gasteiger partial charge in [0.1, 0.15) is 5.52 Å². The normalized spacial score (nSPS) is 22.1. The van der Waals surface area contributed by atoms with Crippen LogP contribution in [0.4, 0.5) is 30.6 Å². The number of alkyl halides is 3. The van der Waals surface area contributed by atoms with Gasteiger partial charge >= 0.3 is 6.18 Å². The predicted molar refractivity (Wildman–Crippen MR) is 139 cm³/mol. The minimum absolute atomic E-state index is 0.148. The van der Waals surface area contributed by atoms with Gasteiger partial charge in [-0.1, -0.05) is 0 Å². The average Bonchev–Trinajstić information content (AvgIpc) is 3.26. The number of aliphatic imine (C=N–C) groups is 1. The van der Waals surface area contributed by atoms with Gasteiger partial charge in [-0.15, -0.1) is 5.10 Å². The Morgan fingerprint density at radius 2 is 1.92 bits per heavy atom. The number of likely N-dealkylation sites (tertiary alicyclic amines) is 1. The molecule has 0 bridgehead atoms. The molecular weight excluding hydrogens is 497 g/mol. The molecule has 3 aromatic heterocycles. The number of hydrogen-bond donors (Lipinski definition) is 2. The highest BCUT2D eigenvalue weighted by Crippen LogP contribution is 2.41. The third kappa shape index (κ3) is 4.71. The zero-order chi connectivity index (χ0) is 26.7. The van der Waals surface area contributed by atoms with Gasteiger partial charge in [-0.3, -0.25) is 14.9 Å². The van der Waals surface area contributed by atoms with Crippen LogP contribution in [0.15, 0.2) is 29.4 Å². The fraction of sp³-hybridized carbons (Fsp3) is 0.538. The van der Waals surface area contributed by atoms with E-state index in [0.29, 0.717) is 39.8 Å². The number of nitrogens with zero attached hydrogens (tertiary/aromatic N) is 6. The van der Waals surface area contributed by atoms with Crippen LogP contribution < -0.4 is 11.1 Å². The van der Waals surface area contributed by atoms with Gasteiger partial charge in [0.2, 0.25) is 5.95 Å². The number of halogens is 3. The number of nitrogen functional groups attached to an aromatic ring is 1. The number of nitrogens with one attached hydrogen (secondary N) is 1. The van der Waals surface area contributed by atoms with E-state index in [9.17, 15) is 13.2 Å². The Morgan fingerprint density at radius 3 is 2.61 bits per heavy atom. The number of piperidine rings is 1. The zero-order valence-electron chi connectivity index (χ0n) is 21.4. The molecule has 3 aromatic rings. The molecule has 6 heterocycles. The summed E-state index contributed by atoms with van der Waals surface area (Å²) in [6, 6.07) is 5.53. The first-order chi connectivity index (χ1) is 18.1. The number of ether oxygens (including phenoxy) is 1. The monoisotopic (exact) mass is 528 g/mol. The SMILES string of the molecule is CC1=Nc2ccc(-c3ccn4nc(NC5CCN(C6(C)COC6)CC5)nc(N)c34)nc2C(CC(F)(F)F)C1. The lowest BCUT2D eigenvalue weighted by molar-refractivity contribution is -0.138. The molecule has 0 saturated carbocycles. The third-order valence-corrected chi connectivity index (χ3v) is 7.85. The molecular formula is C26H31F3N8O. The summed E-state index contributed by atoms with van der Waals surface area (Å²) in [5.41, 5.74) is 9.79. The molecule has 2 fully saturated rings. The van der Waals surface area contributed by atoms with E-state index in [4.69, 9.17) is 10.5 Å². The van der Waals surface area contributed by atoms with Crippen LogP contribution in [0, 0.1) is 0 Å². The summed E-state index contributed by atoms with van der Waals surface area (Å²) in [5, 5.41) is 8.04. The second-order valence-electron chi connectivity index (χ2n) is 10.9. The van der Waals surface area contributed by atoms with Gasteiger partial charge in [0, 0.05) is 42.5 Å². The summed E-state index contributed by atoms with van der Waals surface area (Å²) < 4.78 is 46.9. The quantitative estimate of drug-likeness (QED) is 0.500. The summed E-state index contributed by atoms with van der Waals surface area (Å²) >= 11 is 0. The Balaban J connectivity index is 1.23. The second-order valence-corrected chi connectivity index (χ2v) is 10.9. The van der Waals surface area contributed by atoms with E-state index in [0.717, 1.165) is 39.1 Å². The van der Waals surface area contributed by atoms with E-state index >= 15 is 0 Å². The van der Waals surface area contributed by atoms with Gasteiger partial charge in [-0.25, -0.2) is 4.52 Å². The molecule has 202 valence electrons. The summed E-state index contributed by atoms with van der Waals surface area (Å²) in [4.78, 5) is 16.1. The van der Waals surface area contributed by atoms with Gasteiger partial charge in [-0.05, 0) is 51.3 Å². The first-order valence-electron chi connectivity index (χ1n) is 12.9. The standard InChI is InChI=1S/C26H31F3N8O/c1-15-11-16(12-26(27,28)29)21-20(31-15)4-3-19(33-21)18-7-10-37-22(18)23(30)34-24(35-37)32-17-5-8-36(9-6-17)25(2)13-38-14-25/h3-4,7,10,16-17H,5-6,8-9,11-14H2,1-2H3,(H3,30,32,34,35). The number of rotatable bonds is 5. The van der Waals surface area contributed by atoms with Crippen molar-refractivity contribution in [3.8, 4) is 11.3 Å². The lowest BCUT2D eigenvalue weighted by atomic mass is 9.90. The second kappa shape index (κ2) is 9.19. The van der Waals surface area contributed by atoms with Crippen molar-refractivity contribution in [2.24, 2.45) is 4.99 Å². The largest absolute Gasteiger partial charge is 0.389 e. The van der Waals surface area contributed by atoms with Crippen molar-refractivity contribution in [3.63, 3.8) is 0 Å². The molecule has 12 heteroatoms. The average molecular weight is 529 g/mol. The Bertz CT molecular complexity index is 1390. The molecule has 3 aliphatic heterocycles. The van der Waals surface area contributed by atoms with Crippen molar-refractivity contribution in [2.75, 3.05) is 37.4 Å². The number of fused-ring (bicyclic) bond motifs is 2. The topological polar surface area (TPSA) is 106 Å². The van der Waals surface area contributed by atoms with Crippen LogP contribution in [0.2, 0.25) is 0 Å². The maximum atomic E-state index is 13.3. The van der Waals surface area contributed by atoms with Crippen LogP contribution in [0.3, 0.4) is 0 Å². The molecule has 0 amide bonds. The van der Waals surface area contributed by atoms with Crippen LogP contribution in [0.25, 0.3) is 16.8 Å². The molecule has 3 aliphatic rings. The smallest absolute Gasteiger partial charge is 0.382 e. The summed E-state index contributed by atoms with van der Waals surface area (Å²) in [6.45, 7) is 7.52. The van der Waals surface area contributed by atoms with Gasteiger partial charge in [0.25, 0.3) is 0 Å². The van der Waals surface area contributed by atoms with Gasteiger partial charge in [0.05, 0.1) is 42.2 Å². The van der Waals surface area contributed by atoms with Crippen LogP contribution >= 0.6 is 0 Å². The predicted octanol–water partition coefficient (Wildman–Crippen LogP) is 4.57. The van der Waals surface area contributed by atoms with Crippen molar-refractivity contribution in [3.05, 3.63) is 30.1 Å². The molecule has 2 saturated heterocycles. The van der Waals surface area contributed by atoms with E-state index in [-0.39, 0.29) is 23.8 Å². The van der Waals surface area contributed by atoms with Crippen LogP contribution in [-0.2, 0) is 4.74 Å². The first-order valence-corrected chi connectivity index (χ1v) is 12.9. The Hall–Kier alpha value is -3.25. The Labute approximate surface area is 218 Å². The minimum Gasteiger partial charge on any atom is -0.382 e. The maximum absolute atomic E-state index is 13.3. The molecule has 0 radical (unpaired) electrons. The zero-order valence-corrected chi connectivity index (χ0v) is 21.4. The molecule has 0 aliphatic carbocycles. The van der Waals surface area contributed by atoms with E-state index in [1.165, 1.54) is 0 Å². The van der Waals surface area contributed by atoms with Crippen molar-refractivity contribution in [1.82, 2.24) is 24.5 Å². The molecule has 38 heavy (non-hydrogen) atoms. The van der Waals surface area contributed by atoms with Gasteiger partial charge < -0.3 is 15.8 Å². The highest BCUT2D eigenvalue weighted by atomic mass is 19.4. The van der Waals surface area contributed by atoms with Crippen molar-refractivity contribution >= 4 is 28.7 Å². The maximum Gasteiger partial charge on any atom is 0.389 e. The Kier molecular flexibility index (Phi) is 6.06. The summed E-state index contributed by atoms with van der Waals surface area (Å²) in [7, 11) is 0. The molecule has 9 nitrogen and oxygen atoms in total. The molecule has 0 aromatic carbocycles. The Morgan fingerprint density at radius 1 is 1.16 bits per heavy atom. The number of anilines is 2. The van der Waals surface area contributed by atoms with E-state index in [1.807, 2.05) is 6.07 Å². The highest BCUT2D eigenvalue weighted by Gasteiger charge is 2.41. The van der Waals surface area contributed by atoms with Crippen molar-refractivity contribution < 1.29 is 17.9 Å². The van der Waals surface area contributed by atoms with E-state index in [1.54, 1.807) is 29.8 Å². The number of aromatic nitrogens is 4. The first kappa shape index (κ1) is 25.1. The molecule has 1 atom stereocenters. The lowest BCUT2D eigenvalue weighted by Gasteiger charge is -2.49. The number of nitrogens with two attached hydrogens (primary N) is 1. The number of hydrogen-bond acceptors (Lipinski definition) is 8. The fourth-order valence-corrected chi connectivity index (χ4v) is 5.81. The van der Waals surface area contributed by atoms with Crippen molar-refractivity contribution in [2.45, 2.75) is 63.2 Å². The molecule has 0 spiro atoms. The summed E-state index contributed by atoms with van der Waals surface area (Å²) in [6.07, 6.45) is -1.30. The van der Waals surface area contributed by atoms with Crippen LogP contribution in [0.5, 0.6) is 0 Å². The van der Waals surface area contributed by atoms with E-state index < -0.39 is 18.5 Å². The lowest BCUT2D eigenvalue weighted by Crippen LogP contribution is -2.62. The molecule has 6 rings (SSSR count). The van der Waals surface area contributed by atoms with E-state index in [2.05, 4.69) is 37.2 Å².